The lowest BCUT2D eigenvalue weighted by Crippen LogP contribution is -2.51. The number of piperidine rings is 1. The molecule has 1 aliphatic heterocycles. The molecule has 1 N–H and O–H groups in total. The number of unbranched alkanes of at least 4 members (excludes halogenated alkanes) is 1. The van der Waals surface area contributed by atoms with Gasteiger partial charge in [0.05, 0.1) is 5.41 Å². The number of rotatable bonds is 6. The van der Waals surface area contributed by atoms with Crippen molar-refractivity contribution in [1.29, 1.82) is 0 Å². The summed E-state index contributed by atoms with van der Waals surface area (Å²) in [5, 5.41) is 9.24. The molecule has 110 valence electrons. The molecule has 0 aromatic rings. The van der Waals surface area contributed by atoms with Gasteiger partial charge in [-0.2, -0.15) is 0 Å². The Labute approximate surface area is 114 Å². The standard InChI is InChI=1S/C14H25NO4/c1-4-5-9-19-11(2)12(16)15-8-6-7-14(3,10-15)13(17)18/h11H,4-10H2,1-3H3,(H,17,18). The second-order valence-electron chi connectivity index (χ2n) is 5.60. The van der Waals surface area contributed by atoms with Crippen molar-refractivity contribution in [2.45, 2.75) is 52.6 Å². The van der Waals surface area contributed by atoms with Crippen LogP contribution in [0.1, 0.15) is 46.5 Å². The molecule has 0 aromatic heterocycles. The number of likely N-dealkylation sites (tertiary alicyclic amines) is 1. The van der Waals surface area contributed by atoms with Crippen LogP contribution in [0.15, 0.2) is 0 Å². The number of hydrogen-bond acceptors (Lipinski definition) is 3. The van der Waals surface area contributed by atoms with Gasteiger partial charge in [-0.15, -0.1) is 0 Å². The summed E-state index contributed by atoms with van der Waals surface area (Å²) in [7, 11) is 0. The molecular weight excluding hydrogens is 246 g/mol. The fourth-order valence-corrected chi connectivity index (χ4v) is 2.33. The average Bonchev–Trinajstić information content (AvgIpc) is 2.38. The number of carbonyl (C=O) groups excluding carboxylic acids is 1. The monoisotopic (exact) mass is 271 g/mol. The van der Waals surface area contributed by atoms with Crippen molar-refractivity contribution < 1.29 is 19.4 Å². The zero-order valence-corrected chi connectivity index (χ0v) is 12.1. The zero-order chi connectivity index (χ0) is 14.5. The van der Waals surface area contributed by atoms with Crippen LogP contribution < -0.4 is 0 Å². The van der Waals surface area contributed by atoms with Gasteiger partial charge in [-0.25, -0.2) is 0 Å². The Morgan fingerprint density at radius 3 is 2.74 bits per heavy atom. The average molecular weight is 271 g/mol. The minimum absolute atomic E-state index is 0.0942. The SMILES string of the molecule is CCCCOC(C)C(=O)N1CCCC(C)(C(=O)O)C1. The molecule has 0 spiro atoms. The number of amides is 1. The third-order valence-electron chi connectivity index (χ3n) is 3.74. The first kappa shape index (κ1) is 16.0. The van der Waals surface area contributed by atoms with Crippen molar-refractivity contribution in [2.75, 3.05) is 19.7 Å². The smallest absolute Gasteiger partial charge is 0.311 e. The summed E-state index contributed by atoms with van der Waals surface area (Å²) in [4.78, 5) is 25.1. The Hall–Kier alpha value is -1.10. The van der Waals surface area contributed by atoms with E-state index in [-0.39, 0.29) is 12.5 Å². The van der Waals surface area contributed by atoms with Crippen molar-refractivity contribution in [3.8, 4) is 0 Å². The minimum atomic E-state index is -0.829. The molecule has 5 nitrogen and oxygen atoms in total. The van der Waals surface area contributed by atoms with Gasteiger partial charge < -0.3 is 14.7 Å². The van der Waals surface area contributed by atoms with E-state index < -0.39 is 17.5 Å². The van der Waals surface area contributed by atoms with Gasteiger partial charge in [0.1, 0.15) is 6.10 Å². The molecule has 19 heavy (non-hydrogen) atoms. The number of carboxylic acid groups (broad SMARTS) is 1. The lowest BCUT2D eigenvalue weighted by Gasteiger charge is -2.38. The molecule has 1 rings (SSSR count). The maximum absolute atomic E-state index is 12.2. The molecule has 1 amide bonds. The van der Waals surface area contributed by atoms with E-state index in [0.29, 0.717) is 19.6 Å². The van der Waals surface area contributed by atoms with Gasteiger partial charge in [0.15, 0.2) is 0 Å². The summed E-state index contributed by atoms with van der Waals surface area (Å²) >= 11 is 0. The van der Waals surface area contributed by atoms with Crippen LogP contribution in [0, 0.1) is 5.41 Å². The maximum Gasteiger partial charge on any atom is 0.311 e. The molecule has 2 unspecified atom stereocenters. The summed E-state index contributed by atoms with van der Waals surface area (Å²) < 4.78 is 5.49. The second-order valence-corrected chi connectivity index (χ2v) is 5.60. The summed E-state index contributed by atoms with van der Waals surface area (Å²) in [6.45, 7) is 7.00. The number of carboxylic acids is 1. The summed E-state index contributed by atoms with van der Waals surface area (Å²) in [6.07, 6.45) is 2.84. The Balaban J connectivity index is 2.54. The molecule has 0 aromatic carbocycles. The van der Waals surface area contributed by atoms with Crippen LogP contribution in [0.4, 0.5) is 0 Å². The maximum atomic E-state index is 12.2. The number of ether oxygens (including phenoxy) is 1. The number of carbonyl (C=O) groups is 2. The van der Waals surface area contributed by atoms with Crippen LogP contribution in [0.3, 0.4) is 0 Å². The van der Waals surface area contributed by atoms with Crippen LogP contribution >= 0.6 is 0 Å². The Morgan fingerprint density at radius 1 is 1.47 bits per heavy atom. The first-order chi connectivity index (χ1) is 8.90. The first-order valence-electron chi connectivity index (χ1n) is 7.04. The lowest BCUT2D eigenvalue weighted by molar-refractivity contribution is -0.156. The van der Waals surface area contributed by atoms with Gasteiger partial charge in [0.2, 0.25) is 0 Å². The van der Waals surface area contributed by atoms with Gasteiger partial charge >= 0.3 is 5.97 Å². The quantitative estimate of drug-likeness (QED) is 0.749. The Bertz CT molecular complexity index is 331. The van der Waals surface area contributed by atoms with Crippen LogP contribution in [-0.4, -0.2) is 47.7 Å². The molecule has 1 saturated heterocycles. The summed E-state index contributed by atoms with van der Waals surface area (Å²) in [5.41, 5.74) is -0.822. The van der Waals surface area contributed by atoms with E-state index in [4.69, 9.17) is 4.74 Å². The highest BCUT2D eigenvalue weighted by Crippen LogP contribution is 2.30. The highest BCUT2D eigenvalue weighted by molar-refractivity contribution is 5.82. The van der Waals surface area contributed by atoms with Crippen molar-refractivity contribution >= 4 is 11.9 Å². The van der Waals surface area contributed by atoms with Crippen LogP contribution in [0.2, 0.25) is 0 Å². The number of aliphatic carboxylic acids is 1. The Morgan fingerprint density at radius 2 is 2.16 bits per heavy atom. The molecule has 2 atom stereocenters. The topological polar surface area (TPSA) is 66.8 Å². The fraction of sp³-hybridized carbons (Fsp3) is 0.857. The zero-order valence-electron chi connectivity index (χ0n) is 12.1. The highest BCUT2D eigenvalue weighted by atomic mass is 16.5. The highest BCUT2D eigenvalue weighted by Gasteiger charge is 2.40. The van der Waals surface area contributed by atoms with Crippen molar-refractivity contribution in [2.24, 2.45) is 5.41 Å². The second kappa shape index (κ2) is 6.89. The summed E-state index contributed by atoms with van der Waals surface area (Å²) in [5.74, 6) is -0.923. The number of nitrogens with zero attached hydrogens (tertiary/aromatic N) is 1. The molecule has 1 heterocycles. The van der Waals surface area contributed by atoms with Gasteiger partial charge in [0.25, 0.3) is 5.91 Å². The molecule has 0 saturated carbocycles. The van der Waals surface area contributed by atoms with Gasteiger partial charge in [-0.05, 0) is 33.1 Å². The predicted octanol–water partition coefficient (Wildman–Crippen LogP) is 1.90. The van der Waals surface area contributed by atoms with Crippen LogP contribution in [0.25, 0.3) is 0 Å². The largest absolute Gasteiger partial charge is 0.481 e. The van der Waals surface area contributed by atoms with E-state index >= 15 is 0 Å². The van der Waals surface area contributed by atoms with Gasteiger partial charge in [-0.3, -0.25) is 9.59 Å². The molecule has 5 heteroatoms. The van der Waals surface area contributed by atoms with Gasteiger partial charge in [-0.1, -0.05) is 13.3 Å². The van der Waals surface area contributed by atoms with Crippen LogP contribution in [-0.2, 0) is 14.3 Å². The lowest BCUT2D eigenvalue weighted by atomic mass is 9.82. The molecule has 0 bridgehead atoms. The molecule has 0 aliphatic carbocycles. The van der Waals surface area contributed by atoms with E-state index in [1.807, 2.05) is 0 Å². The third-order valence-corrected chi connectivity index (χ3v) is 3.74. The predicted molar refractivity (Wildman–Crippen MR) is 71.9 cm³/mol. The van der Waals surface area contributed by atoms with E-state index in [0.717, 1.165) is 19.3 Å². The summed E-state index contributed by atoms with van der Waals surface area (Å²) in [6, 6.07) is 0. The molecule has 1 fully saturated rings. The molecule has 1 aliphatic rings. The van der Waals surface area contributed by atoms with E-state index in [2.05, 4.69) is 6.92 Å². The molecular formula is C14H25NO4. The van der Waals surface area contributed by atoms with Crippen molar-refractivity contribution in [3.05, 3.63) is 0 Å². The van der Waals surface area contributed by atoms with Crippen molar-refractivity contribution in [1.82, 2.24) is 4.90 Å². The number of hydrogen-bond donors (Lipinski definition) is 1. The van der Waals surface area contributed by atoms with E-state index in [1.54, 1.807) is 18.7 Å². The Kier molecular flexibility index (Phi) is 5.79. The first-order valence-corrected chi connectivity index (χ1v) is 7.04. The third kappa shape index (κ3) is 4.20. The van der Waals surface area contributed by atoms with Crippen molar-refractivity contribution in [3.63, 3.8) is 0 Å². The molecule has 0 radical (unpaired) electrons. The van der Waals surface area contributed by atoms with Crippen LogP contribution in [0.5, 0.6) is 0 Å². The minimum Gasteiger partial charge on any atom is -0.481 e. The normalized spacial score (nSPS) is 25.1. The van der Waals surface area contributed by atoms with E-state index in [9.17, 15) is 14.7 Å². The van der Waals surface area contributed by atoms with E-state index in [1.165, 1.54) is 0 Å². The van der Waals surface area contributed by atoms with Gasteiger partial charge in [0, 0.05) is 19.7 Å². The fourth-order valence-electron chi connectivity index (χ4n) is 2.33.